The Morgan fingerprint density at radius 2 is 2.25 bits per heavy atom. The Balaban J connectivity index is 1.85. The lowest BCUT2D eigenvalue weighted by molar-refractivity contribution is 0.122. The standard InChI is InChI=1S/C16H24N2O2/c1-13-6-4-8-15(10-13)20-12-14-7-5-9-18(11-14)16(19)17(2)3/h4,6,8,10,14H,5,7,9,11-12H2,1-3H3. The van der Waals surface area contributed by atoms with E-state index in [4.69, 9.17) is 4.74 Å². The van der Waals surface area contributed by atoms with Crippen molar-refractivity contribution in [2.45, 2.75) is 19.8 Å². The van der Waals surface area contributed by atoms with E-state index in [9.17, 15) is 4.79 Å². The summed E-state index contributed by atoms with van der Waals surface area (Å²) in [5.41, 5.74) is 1.20. The second kappa shape index (κ2) is 6.64. The van der Waals surface area contributed by atoms with Crippen LogP contribution in [0.3, 0.4) is 0 Å². The third-order valence-corrected chi connectivity index (χ3v) is 3.65. The summed E-state index contributed by atoms with van der Waals surface area (Å²) in [7, 11) is 3.60. The summed E-state index contributed by atoms with van der Waals surface area (Å²) in [5.74, 6) is 1.34. The molecule has 1 heterocycles. The highest BCUT2D eigenvalue weighted by Crippen LogP contribution is 2.20. The van der Waals surface area contributed by atoms with Crippen LogP contribution in [0, 0.1) is 12.8 Å². The van der Waals surface area contributed by atoms with Crippen molar-refractivity contribution < 1.29 is 9.53 Å². The van der Waals surface area contributed by atoms with Crippen molar-refractivity contribution in [1.29, 1.82) is 0 Å². The topological polar surface area (TPSA) is 32.8 Å². The first-order valence-electron chi connectivity index (χ1n) is 7.22. The SMILES string of the molecule is Cc1cccc(OCC2CCCN(C(=O)N(C)C)C2)c1. The van der Waals surface area contributed by atoms with Gasteiger partial charge in [-0.05, 0) is 37.5 Å². The van der Waals surface area contributed by atoms with Crippen LogP contribution >= 0.6 is 0 Å². The van der Waals surface area contributed by atoms with Gasteiger partial charge in [0.05, 0.1) is 6.61 Å². The predicted octanol–water partition coefficient (Wildman–Crippen LogP) is 2.77. The molecular formula is C16H24N2O2. The molecule has 2 rings (SSSR count). The lowest BCUT2D eigenvalue weighted by atomic mass is 9.99. The van der Waals surface area contributed by atoms with Crippen molar-refractivity contribution in [2.24, 2.45) is 5.92 Å². The quantitative estimate of drug-likeness (QED) is 0.850. The maximum absolute atomic E-state index is 12.0. The number of likely N-dealkylation sites (tertiary alicyclic amines) is 1. The fraction of sp³-hybridized carbons (Fsp3) is 0.562. The van der Waals surface area contributed by atoms with Crippen LogP contribution < -0.4 is 4.74 Å². The van der Waals surface area contributed by atoms with Gasteiger partial charge in [0.15, 0.2) is 0 Å². The lowest BCUT2D eigenvalue weighted by Gasteiger charge is -2.34. The van der Waals surface area contributed by atoms with Gasteiger partial charge in [0, 0.05) is 33.1 Å². The number of carbonyl (C=O) groups excluding carboxylic acids is 1. The fourth-order valence-electron chi connectivity index (χ4n) is 2.58. The highest BCUT2D eigenvalue weighted by Gasteiger charge is 2.24. The minimum absolute atomic E-state index is 0.102. The Kier molecular flexibility index (Phi) is 4.88. The molecule has 4 nitrogen and oxygen atoms in total. The number of hydrogen-bond donors (Lipinski definition) is 0. The van der Waals surface area contributed by atoms with Gasteiger partial charge in [0.1, 0.15) is 5.75 Å². The molecule has 4 heteroatoms. The number of nitrogens with zero attached hydrogens (tertiary/aromatic N) is 2. The van der Waals surface area contributed by atoms with Gasteiger partial charge in [-0.3, -0.25) is 0 Å². The van der Waals surface area contributed by atoms with E-state index in [1.165, 1.54) is 5.56 Å². The van der Waals surface area contributed by atoms with Gasteiger partial charge in [-0.25, -0.2) is 4.79 Å². The van der Waals surface area contributed by atoms with Crippen LogP contribution in [-0.4, -0.2) is 49.6 Å². The van der Waals surface area contributed by atoms with Gasteiger partial charge in [0.25, 0.3) is 0 Å². The summed E-state index contributed by atoms with van der Waals surface area (Å²) in [4.78, 5) is 15.5. The third-order valence-electron chi connectivity index (χ3n) is 3.65. The van der Waals surface area contributed by atoms with Crippen LogP contribution in [0.15, 0.2) is 24.3 Å². The van der Waals surface area contributed by atoms with Crippen LogP contribution in [0.1, 0.15) is 18.4 Å². The zero-order valence-electron chi connectivity index (χ0n) is 12.6. The molecule has 0 N–H and O–H groups in total. The molecule has 1 aromatic carbocycles. The predicted molar refractivity (Wildman–Crippen MR) is 80.1 cm³/mol. The van der Waals surface area contributed by atoms with Crippen molar-refractivity contribution >= 4 is 6.03 Å². The van der Waals surface area contributed by atoms with Crippen LogP contribution in [-0.2, 0) is 0 Å². The van der Waals surface area contributed by atoms with Crippen molar-refractivity contribution in [3.63, 3.8) is 0 Å². The first kappa shape index (κ1) is 14.7. The number of aryl methyl sites for hydroxylation is 1. The molecule has 1 fully saturated rings. The highest BCUT2D eigenvalue weighted by molar-refractivity contribution is 5.73. The molecule has 0 saturated carbocycles. The molecule has 1 saturated heterocycles. The zero-order chi connectivity index (χ0) is 14.5. The van der Waals surface area contributed by atoms with Crippen molar-refractivity contribution in [1.82, 2.24) is 9.80 Å². The average molecular weight is 276 g/mol. The molecular weight excluding hydrogens is 252 g/mol. The molecule has 0 radical (unpaired) electrons. The van der Waals surface area contributed by atoms with E-state index in [0.29, 0.717) is 12.5 Å². The smallest absolute Gasteiger partial charge is 0.319 e. The molecule has 0 bridgehead atoms. The zero-order valence-corrected chi connectivity index (χ0v) is 12.6. The summed E-state index contributed by atoms with van der Waals surface area (Å²) < 4.78 is 5.86. The Morgan fingerprint density at radius 3 is 2.95 bits per heavy atom. The summed E-state index contributed by atoms with van der Waals surface area (Å²) in [5, 5.41) is 0. The number of benzene rings is 1. The summed E-state index contributed by atoms with van der Waals surface area (Å²) in [6.45, 7) is 4.40. The molecule has 0 spiro atoms. The minimum atomic E-state index is 0.102. The van der Waals surface area contributed by atoms with Gasteiger partial charge in [-0.1, -0.05) is 12.1 Å². The van der Waals surface area contributed by atoms with Crippen molar-refractivity contribution in [2.75, 3.05) is 33.8 Å². The van der Waals surface area contributed by atoms with Crippen LogP contribution in [0.2, 0.25) is 0 Å². The molecule has 20 heavy (non-hydrogen) atoms. The average Bonchev–Trinajstić information content (AvgIpc) is 2.44. The third kappa shape index (κ3) is 3.89. The normalized spacial score (nSPS) is 18.8. The van der Waals surface area contributed by atoms with Gasteiger partial charge in [-0.15, -0.1) is 0 Å². The number of urea groups is 1. The Morgan fingerprint density at radius 1 is 1.45 bits per heavy atom. The summed E-state index contributed by atoms with van der Waals surface area (Å²) >= 11 is 0. The van der Waals surface area contributed by atoms with E-state index in [1.54, 1.807) is 19.0 Å². The van der Waals surface area contributed by atoms with E-state index in [1.807, 2.05) is 23.1 Å². The summed E-state index contributed by atoms with van der Waals surface area (Å²) in [6.07, 6.45) is 2.18. The molecule has 1 unspecified atom stereocenters. The van der Waals surface area contributed by atoms with Gasteiger partial charge >= 0.3 is 6.03 Å². The molecule has 1 aliphatic heterocycles. The largest absolute Gasteiger partial charge is 0.493 e. The Hall–Kier alpha value is -1.71. The molecule has 0 aliphatic carbocycles. The van der Waals surface area contributed by atoms with Crippen molar-refractivity contribution in [3.05, 3.63) is 29.8 Å². The first-order valence-corrected chi connectivity index (χ1v) is 7.22. The van der Waals surface area contributed by atoms with E-state index < -0.39 is 0 Å². The molecule has 1 aliphatic rings. The number of amides is 2. The number of hydrogen-bond acceptors (Lipinski definition) is 2. The fourth-order valence-corrected chi connectivity index (χ4v) is 2.58. The van der Waals surface area contributed by atoms with Crippen LogP contribution in [0.25, 0.3) is 0 Å². The lowest BCUT2D eigenvalue weighted by Crippen LogP contribution is -2.46. The number of carbonyl (C=O) groups is 1. The molecule has 0 aromatic heterocycles. The maximum atomic E-state index is 12.0. The number of ether oxygens (including phenoxy) is 1. The highest BCUT2D eigenvalue weighted by atomic mass is 16.5. The van der Waals surface area contributed by atoms with Gasteiger partial charge in [-0.2, -0.15) is 0 Å². The van der Waals surface area contributed by atoms with E-state index in [-0.39, 0.29) is 6.03 Å². The first-order chi connectivity index (χ1) is 9.56. The number of piperidine rings is 1. The van der Waals surface area contributed by atoms with E-state index in [2.05, 4.69) is 13.0 Å². The second-order valence-corrected chi connectivity index (χ2v) is 5.76. The van der Waals surface area contributed by atoms with E-state index in [0.717, 1.165) is 31.7 Å². The maximum Gasteiger partial charge on any atom is 0.319 e. The molecule has 110 valence electrons. The summed E-state index contributed by atoms with van der Waals surface area (Å²) in [6, 6.07) is 8.20. The second-order valence-electron chi connectivity index (χ2n) is 5.76. The number of rotatable bonds is 3. The van der Waals surface area contributed by atoms with Gasteiger partial charge < -0.3 is 14.5 Å². The van der Waals surface area contributed by atoms with Gasteiger partial charge in [0.2, 0.25) is 0 Å². The van der Waals surface area contributed by atoms with Crippen LogP contribution in [0.4, 0.5) is 4.79 Å². The van der Waals surface area contributed by atoms with Crippen molar-refractivity contribution in [3.8, 4) is 5.75 Å². The van der Waals surface area contributed by atoms with Crippen LogP contribution in [0.5, 0.6) is 5.75 Å². The van der Waals surface area contributed by atoms with E-state index >= 15 is 0 Å². The minimum Gasteiger partial charge on any atom is -0.493 e. The monoisotopic (exact) mass is 276 g/mol. The Bertz CT molecular complexity index is 460. The molecule has 2 amide bonds. The molecule has 1 atom stereocenters. The molecule has 1 aromatic rings. The Labute approximate surface area is 121 Å².